The minimum Gasteiger partial charge on any atom is -0.507 e. The molecule has 0 radical (unpaired) electrons. The lowest BCUT2D eigenvalue weighted by Crippen LogP contribution is -2.29. The van der Waals surface area contributed by atoms with E-state index in [2.05, 4.69) is 9.97 Å². The van der Waals surface area contributed by atoms with Gasteiger partial charge in [0.15, 0.2) is 5.13 Å². The van der Waals surface area contributed by atoms with Crippen molar-refractivity contribution in [2.24, 2.45) is 0 Å². The van der Waals surface area contributed by atoms with Crippen molar-refractivity contribution in [2.45, 2.75) is 6.04 Å². The average molecular weight is 509 g/mol. The molecule has 1 aliphatic heterocycles. The van der Waals surface area contributed by atoms with Crippen LogP contribution in [0.2, 0.25) is 0 Å². The van der Waals surface area contributed by atoms with Gasteiger partial charge in [0.2, 0.25) is 0 Å². The summed E-state index contributed by atoms with van der Waals surface area (Å²) >= 11 is 1.05. The smallest absolute Gasteiger partial charge is 0.301 e. The van der Waals surface area contributed by atoms with Crippen molar-refractivity contribution < 1.29 is 19.6 Å². The minimum atomic E-state index is -0.990. The molecule has 1 amide bonds. The van der Waals surface area contributed by atoms with Crippen molar-refractivity contribution in [3.8, 4) is 0 Å². The number of nitro groups is 1. The van der Waals surface area contributed by atoms with Crippen molar-refractivity contribution in [1.29, 1.82) is 0 Å². The summed E-state index contributed by atoms with van der Waals surface area (Å²) in [6, 6.07) is 19.5. The van der Waals surface area contributed by atoms with E-state index in [1.54, 1.807) is 30.5 Å². The van der Waals surface area contributed by atoms with Gasteiger partial charge in [0, 0.05) is 30.1 Å². The number of nitrogens with zero attached hydrogens (tertiary/aromatic N) is 4. The highest BCUT2D eigenvalue weighted by Gasteiger charge is 2.48. The van der Waals surface area contributed by atoms with Gasteiger partial charge in [-0.1, -0.05) is 53.8 Å². The van der Waals surface area contributed by atoms with Crippen LogP contribution in [0.25, 0.3) is 26.7 Å². The van der Waals surface area contributed by atoms with E-state index in [1.165, 1.54) is 29.3 Å². The number of pyridine rings is 1. The third-order valence-corrected chi connectivity index (χ3v) is 7.26. The number of amides is 1. The van der Waals surface area contributed by atoms with Gasteiger partial charge in [-0.2, -0.15) is 0 Å². The maximum atomic E-state index is 13.4. The second kappa shape index (κ2) is 8.61. The van der Waals surface area contributed by atoms with Crippen LogP contribution in [0.5, 0.6) is 0 Å². The number of Topliss-reactive ketones (excluding diaryl/α,β-unsaturated/α-hetero) is 1. The second-order valence-corrected chi connectivity index (χ2v) is 9.43. The van der Waals surface area contributed by atoms with Gasteiger partial charge in [-0.15, -0.1) is 0 Å². The molecule has 1 aliphatic rings. The Bertz CT molecular complexity index is 1780. The summed E-state index contributed by atoms with van der Waals surface area (Å²) in [5, 5.41) is 24.6. The summed E-state index contributed by atoms with van der Waals surface area (Å²) in [6.45, 7) is 0. The summed E-state index contributed by atoms with van der Waals surface area (Å²) in [5.74, 6) is -2.02. The zero-order chi connectivity index (χ0) is 25.7. The van der Waals surface area contributed by atoms with Crippen LogP contribution in [-0.4, -0.2) is 31.7 Å². The molecule has 0 saturated carbocycles. The topological polar surface area (TPSA) is 127 Å². The molecule has 0 spiro atoms. The van der Waals surface area contributed by atoms with Crippen LogP contribution < -0.4 is 4.90 Å². The number of carbonyl (C=O) groups is 2. The molecule has 1 unspecified atom stereocenters. The quantitative estimate of drug-likeness (QED) is 0.114. The molecule has 0 bridgehead atoms. The van der Waals surface area contributed by atoms with Crippen molar-refractivity contribution in [2.75, 3.05) is 4.90 Å². The Kier molecular flexibility index (Phi) is 5.24. The van der Waals surface area contributed by atoms with E-state index in [4.69, 9.17) is 0 Å². The molecule has 9 nitrogen and oxygen atoms in total. The first-order chi connectivity index (χ1) is 17.9. The summed E-state index contributed by atoms with van der Waals surface area (Å²) in [7, 11) is 0. The molecule has 37 heavy (non-hydrogen) atoms. The Morgan fingerprint density at radius 2 is 1.81 bits per heavy atom. The molecule has 1 N–H and O–H groups in total. The first-order valence-corrected chi connectivity index (χ1v) is 12.0. The SMILES string of the molecule is O=C1C(=O)N(c2nc3ccc([N+](=O)[O-])cc3s2)C(c2cccnc2)/C1=C(\O)c1ccc2ccccc2c1. The number of fused-ring (bicyclic) bond motifs is 2. The van der Waals surface area contributed by atoms with Crippen LogP contribution in [0.1, 0.15) is 17.2 Å². The number of benzene rings is 3. The number of non-ortho nitro benzene ring substituents is 1. The summed E-state index contributed by atoms with van der Waals surface area (Å²) in [6.07, 6.45) is 3.09. The Morgan fingerprint density at radius 1 is 1.00 bits per heavy atom. The van der Waals surface area contributed by atoms with Gasteiger partial charge in [0.05, 0.1) is 26.8 Å². The number of hydrogen-bond acceptors (Lipinski definition) is 8. The second-order valence-electron chi connectivity index (χ2n) is 8.42. The lowest BCUT2D eigenvalue weighted by atomic mass is 9.95. The zero-order valence-corrected chi connectivity index (χ0v) is 19.8. The molecule has 3 aromatic carbocycles. The first-order valence-electron chi connectivity index (χ1n) is 11.2. The predicted molar refractivity (Wildman–Crippen MR) is 139 cm³/mol. The van der Waals surface area contributed by atoms with E-state index in [9.17, 15) is 24.8 Å². The van der Waals surface area contributed by atoms with Crippen LogP contribution in [-0.2, 0) is 9.59 Å². The molecule has 0 aliphatic carbocycles. The number of rotatable bonds is 4. The molecule has 1 fully saturated rings. The molecule has 3 heterocycles. The number of carbonyl (C=O) groups excluding carboxylic acids is 2. The van der Waals surface area contributed by atoms with E-state index in [0.717, 1.165) is 22.1 Å². The van der Waals surface area contributed by atoms with Gasteiger partial charge in [0.25, 0.3) is 11.5 Å². The predicted octanol–water partition coefficient (Wildman–Crippen LogP) is 5.38. The fourth-order valence-electron chi connectivity index (χ4n) is 4.49. The van der Waals surface area contributed by atoms with Crippen LogP contribution in [0.15, 0.2) is 90.8 Å². The van der Waals surface area contributed by atoms with Crippen LogP contribution >= 0.6 is 11.3 Å². The fourth-order valence-corrected chi connectivity index (χ4v) is 5.52. The normalized spacial score (nSPS) is 17.1. The lowest BCUT2D eigenvalue weighted by Gasteiger charge is -2.22. The van der Waals surface area contributed by atoms with Crippen molar-refractivity contribution in [1.82, 2.24) is 9.97 Å². The van der Waals surface area contributed by atoms with Gasteiger partial charge < -0.3 is 5.11 Å². The largest absolute Gasteiger partial charge is 0.507 e. The highest BCUT2D eigenvalue weighted by Crippen LogP contribution is 2.44. The van der Waals surface area contributed by atoms with Gasteiger partial charge in [-0.25, -0.2) is 4.98 Å². The van der Waals surface area contributed by atoms with Gasteiger partial charge in [0.1, 0.15) is 5.76 Å². The van der Waals surface area contributed by atoms with E-state index >= 15 is 0 Å². The Morgan fingerprint density at radius 3 is 2.57 bits per heavy atom. The maximum absolute atomic E-state index is 13.4. The fraction of sp³-hybridized carbons (Fsp3) is 0.0370. The standard InChI is InChI=1S/C27H16N4O5S/c32-24(17-8-7-15-4-1-2-5-16(15)12-17)22-23(18-6-3-11-28-14-18)30(26(34)25(22)33)27-29-20-10-9-19(31(35)36)13-21(20)37-27/h1-14,23,32H/b24-22+. The minimum absolute atomic E-state index is 0.0847. The van der Waals surface area contributed by atoms with Gasteiger partial charge in [-0.3, -0.25) is 29.6 Å². The summed E-state index contributed by atoms with van der Waals surface area (Å²) in [5.41, 5.74) is 1.16. The van der Waals surface area contributed by atoms with E-state index in [1.807, 2.05) is 30.3 Å². The number of aliphatic hydroxyl groups is 1. The highest BCUT2D eigenvalue weighted by atomic mass is 32.1. The average Bonchev–Trinajstić information content (AvgIpc) is 3.46. The van der Waals surface area contributed by atoms with Crippen LogP contribution in [0.3, 0.4) is 0 Å². The lowest BCUT2D eigenvalue weighted by molar-refractivity contribution is -0.384. The third kappa shape index (κ3) is 3.71. The number of thiazole rings is 1. The Hall–Kier alpha value is -4.96. The number of nitro benzene ring substituents is 1. The molecule has 6 rings (SSSR count). The van der Waals surface area contributed by atoms with Gasteiger partial charge >= 0.3 is 5.91 Å². The first kappa shape index (κ1) is 22.5. The van der Waals surface area contributed by atoms with Crippen molar-refractivity contribution >= 4 is 60.6 Å². The molecule has 1 saturated heterocycles. The Balaban J connectivity index is 1.54. The van der Waals surface area contributed by atoms with E-state index in [-0.39, 0.29) is 22.2 Å². The molecule has 2 aromatic heterocycles. The Labute approximate surface area is 213 Å². The number of aromatic nitrogens is 2. The van der Waals surface area contributed by atoms with Crippen LogP contribution in [0.4, 0.5) is 10.8 Å². The number of ketones is 1. The van der Waals surface area contributed by atoms with Crippen LogP contribution in [0, 0.1) is 10.1 Å². The summed E-state index contributed by atoms with van der Waals surface area (Å²) < 4.78 is 0.491. The summed E-state index contributed by atoms with van der Waals surface area (Å²) in [4.78, 5) is 47.3. The number of anilines is 1. The molecule has 10 heteroatoms. The van der Waals surface area contributed by atoms with E-state index < -0.39 is 22.7 Å². The van der Waals surface area contributed by atoms with Crippen molar-refractivity contribution in [3.63, 3.8) is 0 Å². The molecule has 180 valence electrons. The third-order valence-electron chi connectivity index (χ3n) is 6.25. The van der Waals surface area contributed by atoms with Gasteiger partial charge in [-0.05, 0) is 34.5 Å². The number of hydrogen-bond donors (Lipinski definition) is 1. The molecule has 1 atom stereocenters. The molecular weight excluding hydrogens is 492 g/mol. The van der Waals surface area contributed by atoms with Crippen molar-refractivity contribution in [3.05, 3.63) is 112 Å². The van der Waals surface area contributed by atoms with E-state index in [0.29, 0.717) is 21.3 Å². The highest BCUT2D eigenvalue weighted by molar-refractivity contribution is 7.22. The zero-order valence-electron chi connectivity index (χ0n) is 18.9. The molecule has 5 aromatic rings. The number of aliphatic hydroxyl groups excluding tert-OH is 1. The monoisotopic (exact) mass is 508 g/mol. The maximum Gasteiger partial charge on any atom is 0.301 e. The molecular formula is C27H16N4O5S.